The molecule has 0 saturated heterocycles. The van der Waals surface area contributed by atoms with E-state index in [9.17, 15) is 18.9 Å². The van der Waals surface area contributed by atoms with E-state index in [0.717, 1.165) is 37.3 Å². The number of non-ortho nitro benzene ring substituents is 1. The van der Waals surface area contributed by atoms with Crippen molar-refractivity contribution in [2.24, 2.45) is 11.8 Å². The first-order valence-electron chi connectivity index (χ1n) is 7.34. The molecular formula is C15H20F2N2O2. The van der Waals surface area contributed by atoms with Crippen LogP contribution in [0.25, 0.3) is 0 Å². The number of hydrogen-bond acceptors (Lipinski definition) is 3. The van der Waals surface area contributed by atoms with E-state index in [1.165, 1.54) is 12.8 Å². The monoisotopic (exact) mass is 298 g/mol. The van der Waals surface area contributed by atoms with Gasteiger partial charge in [-0.1, -0.05) is 32.6 Å². The fraction of sp³-hybridized carbons (Fsp3) is 0.600. The van der Waals surface area contributed by atoms with Crippen LogP contribution in [0.3, 0.4) is 0 Å². The molecule has 1 aliphatic carbocycles. The van der Waals surface area contributed by atoms with Gasteiger partial charge >= 0.3 is 0 Å². The van der Waals surface area contributed by atoms with Crippen LogP contribution in [0.2, 0.25) is 0 Å². The molecule has 1 aromatic carbocycles. The van der Waals surface area contributed by atoms with Gasteiger partial charge in [-0.05, 0) is 18.3 Å². The molecule has 1 aromatic rings. The minimum absolute atomic E-state index is 0.273. The molecule has 1 N–H and O–H groups in total. The fourth-order valence-electron chi connectivity index (χ4n) is 2.85. The molecule has 0 radical (unpaired) electrons. The Morgan fingerprint density at radius 1 is 1.24 bits per heavy atom. The lowest BCUT2D eigenvalue weighted by Crippen LogP contribution is -2.16. The van der Waals surface area contributed by atoms with Gasteiger partial charge in [-0.15, -0.1) is 0 Å². The molecule has 0 aromatic heterocycles. The van der Waals surface area contributed by atoms with Gasteiger partial charge in [0.1, 0.15) is 5.69 Å². The number of rotatable bonds is 5. The molecule has 0 unspecified atom stereocenters. The number of benzene rings is 1. The quantitative estimate of drug-likeness (QED) is 0.643. The van der Waals surface area contributed by atoms with Crippen molar-refractivity contribution in [3.8, 4) is 0 Å². The van der Waals surface area contributed by atoms with Crippen molar-refractivity contribution in [1.82, 2.24) is 0 Å². The summed E-state index contributed by atoms with van der Waals surface area (Å²) >= 11 is 0. The number of nitrogens with one attached hydrogen (secondary N) is 1. The Labute approximate surface area is 122 Å². The van der Waals surface area contributed by atoms with E-state index >= 15 is 0 Å². The zero-order chi connectivity index (χ0) is 15.4. The van der Waals surface area contributed by atoms with Gasteiger partial charge < -0.3 is 5.32 Å². The summed E-state index contributed by atoms with van der Waals surface area (Å²) in [7, 11) is 0. The third-order valence-electron chi connectivity index (χ3n) is 4.23. The Morgan fingerprint density at radius 2 is 1.81 bits per heavy atom. The van der Waals surface area contributed by atoms with Crippen molar-refractivity contribution in [3.05, 3.63) is 33.9 Å². The molecule has 1 saturated carbocycles. The van der Waals surface area contributed by atoms with Crippen LogP contribution in [0.1, 0.15) is 39.0 Å². The zero-order valence-corrected chi connectivity index (χ0v) is 12.1. The maximum Gasteiger partial charge on any atom is 0.275 e. The van der Waals surface area contributed by atoms with Gasteiger partial charge in [-0.25, -0.2) is 8.78 Å². The van der Waals surface area contributed by atoms with Gasteiger partial charge in [0.25, 0.3) is 5.69 Å². The molecule has 0 amide bonds. The van der Waals surface area contributed by atoms with Crippen molar-refractivity contribution in [2.75, 3.05) is 11.9 Å². The summed E-state index contributed by atoms with van der Waals surface area (Å²) < 4.78 is 27.4. The molecule has 2 rings (SSSR count). The molecule has 6 heteroatoms. The van der Waals surface area contributed by atoms with Crippen molar-refractivity contribution in [2.45, 2.75) is 39.0 Å². The second kappa shape index (κ2) is 6.83. The van der Waals surface area contributed by atoms with Crippen LogP contribution in [0.5, 0.6) is 0 Å². The van der Waals surface area contributed by atoms with Crippen LogP contribution in [0.4, 0.5) is 20.2 Å². The fourth-order valence-corrected chi connectivity index (χ4v) is 2.85. The molecular weight excluding hydrogens is 278 g/mol. The van der Waals surface area contributed by atoms with Crippen LogP contribution in [0.15, 0.2) is 12.1 Å². The number of nitro groups is 1. The lowest BCUT2D eigenvalue weighted by Gasteiger charge is -2.26. The highest BCUT2D eigenvalue weighted by atomic mass is 19.1. The Morgan fingerprint density at radius 3 is 2.33 bits per heavy atom. The molecule has 0 spiro atoms. The molecule has 0 heterocycles. The SMILES string of the molecule is CC1CCC(CCNc2c(F)cc([N+](=O)[O-])cc2F)CC1. The molecule has 116 valence electrons. The van der Waals surface area contributed by atoms with Gasteiger partial charge in [0.05, 0.1) is 17.1 Å². The van der Waals surface area contributed by atoms with Crippen molar-refractivity contribution >= 4 is 11.4 Å². The van der Waals surface area contributed by atoms with Crippen molar-refractivity contribution < 1.29 is 13.7 Å². The minimum atomic E-state index is -0.918. The molecule has 1 fully saturated rings. The van der Waals surface area contributed by atoms with Crippen LogP contribution in [0, 0.1) is 33.6 Å². The first-order chi connectivity index (χ1) is 9.97. The van der Waals surface area contributed by atoms with Crippen molar-refractivity contribution in [3.63, 3.8) is 0 Å². The maximum absolute atomic E-state index is 13.7. The standard InChI is InChI=1S/C15H20F2N2O2/c1-10-2-4-11(5-3-10)6-7-18-15-13(16)8-12(19(20)21)9-14(15)17/h8-11,18H,2-7H2,1H3. The highest BCUT2D eigenvalue weighted by Crippen LogP contribution is 2.31. The number of nitro benzene ring substituents is 1. The second-order valence-electron chi connectivity index (χ2n) is 5.88. The van der Waals surface area contributed by atoms with E-state index in [1.54, 1.807) is 0 Å². The van der Waals surface area contributed by atoms with E-state index in [2.05, 4.69) is 12.2 Å². The zero-order valence-electron chi connectivity index (χ0n) is 12.1. The first-order valence-corrected chi connectivity index (χ1v) is 7.34. The van der Waals surface area contributed by atoms with E-state index < -0.39 is 22.2 Å². The van der Waals surface area contributed by atoms with Gasteiger partial charge in [0.15, 0.2) is 11.6 Å². The van der Waals surface area contributed by atoms with Crippen LogP contribution < -0.4 is 5.32 Å². The van der Waals surface area contributed by atoms with Crippen molar-refractivity contribution in [1.29, 1.82) is 0 Å². The van der Waals surface area contributed by atoms with Crippen LogP contribution >= 0.6 is 0 Å². The summed E-state index contributed by atoms with van der Waals surface area (Å²) in [6.45, 7) is 2.72. The first kappa shape index (κ1) is 15.7. The topological polar surface area (TPSA) is 55.2 Å². The average Bonchev–Trinajstić information content (AvgIpc) is 2.43. The van der Waals surface area contributed by atoms with E-state index in [1.807, 2.05) is 0 Å². The third kappa shape index (κ3) is 4.12. The number of anilines is 1. The third-order valence-corrected chi connectivity index (χ3v) is 4.23. The number of hydrogen-bond donors (Lipinski definition) is 1. The highest BCUT2D eigenvalue weighted by molar-refractivity contribution is 5.51. The molecule has 0 bridgehead atoms. The normalized spacial score (nSPS) is 22.0. The van der Waals surface area contributed by atoms with Crippen LogP contribution in [-0.2, 0) is 0 Å². The Bertz CT molecular complexity index is 491. The summed E-state index contributed by atoms with van der Waals surface area (Å²) in [5.74, 6) is -0.463. The Balaban J connectivity index is 1.90. The van der Waals surface area contributed by atoms with Gasteiger partial charge in [0.2, 0.25) is 0 Å². The minimum Gasteiger partial charge on any atom is -0.380 e. The Hall–Kier alpha value is -1.72. The Kier molecular flexibility index (Phi) is 5.09. The summed E-state index contributed by atoms with van der Waals surface area (Å²) in [5.41, 5.74) is -0.846. The van der Waals surface area contributed by atoms with Crippen LogP contribution in [-0.4, -0.2) is 11.5 Å². The van der Waals surface area contributed by atoms with Gasteiger partial charge in [0, 0.05) is 6.54 Å². The lowest BCUT2D eigenvalue weighted by atomic mass is 9.81. The summed E-state index contributed by atoms with van der Waals surface area (Å²) in [6.07, 6.45) is 5.61. The predicted octanol–water partition coefficient (Wildman–Crippen LogP) is 4.50. The molecule has 4 nitrogen and oxygen atoms in total. The van der Waals surface area contributed by atoms with E-state index in [4.69, 9.17) is 0 Å². The summed E-state index contributed by atoms with van der Waals surface area (Å²) in [5, 5.41) is 13.2. The molecule has 0 atom stereocenters. The highest BCUT2D eigenvalue weighted by Gasteiger charge is 2.19. The van der Waals surface area contributed by atoms with Gasteiger partial charge in [-0.2, -0.15) is 0 Å². The average molecular weight is 298 g/mol. The summed E-state index contributed by atoms with van der Waals surface area (Å²) in [4.78, 5) is 9.71. The molecule has 0 aliphatic heterocycles. The number of halogens is 2. The maximum atomic E-state index is 13.7. The number of nitrogens with zero attached hydrogens (tertiary/aromatic N) is 1. The largest absolute Gasteiger partial charge is 0.380 e. The molecule has 1 aliphatic rings. The smallest absolute Gasteiger partial charge is 0.275 e. The van der Waals surface area contributed by atoms with Gasteiger partial charge in [-0.3, -0.25) is 10.1 Å². The molecule has 21 heavy (non-hydrogen) atoms. The lowest BCUT2D eigenvalue weighted by molar-refractivity contribution is -0.385. The second-order valence-corrected chi connectivity index (χ2v) is 5.88. The summed E-state index contributed by atoms with van der Waals surface area (Å²) in [6, 6.07) is 1.49. The van der Waals surface area contributed by atoms with E-state index in [-0.39, 0.29) is 5.69 Å². The van der Waals surface area contributed by atoms with E-state index in [0.29, 0.717) is 12.5 Å². The predicted molar refractivity (Wildman–Crippen MR) is 77.2 cm³/mol.